The molecule has 0 aromatic carbocycles. The van der Waals surface area contributed by atoms with E-state index in [9.17, 15) is 5.11 Å². The molecule has 1 atom stereocenters. The van der Waals surface area contributed by atoms with Crippen LogP contribution in [-0.2, 0) is 26.0 Å². The molecule has 2 aromatic heterocycles. The highest BCUT2D eigenvalue weighted by atomic mass is 32.1. The Morgan fingerprint density at radius 2 is 2.40 bits per heavy atom. The fourth-order valence-electron chi connectivity index (χ4n) is 2.56. The molecule has 2 aromatic rings. The van der Waals surface area contributed by atoms with E-state index in [2.05, 4.69) is 17.2 Å². The zero-order chi connectivity index (χ0) is 13.9. The number of aryl methyl sites for hydroxylation is 1. The number of aliphatic hydroxyl groups excluding tert-OH is 1. The first kappa shape index (κ1) is 13.5. The zero-order valence-corrected chi connectivity index (χ0v) is 12.4. The van der Waals surface area contributed by atoms with E-state index in [1.54, 1.807) is 12.4 Å². The van der Waals surface area contributed by atoms with Crippen molar-refractivity contribution in [2.24, 2.45) is 5.92 Å². The summed E-state index contributed by atoms with van der Waals surface area (Å²) in [7, 11) is 0. The van der Waals surface area contributed by atoms with Gasteiger partial charge in [-0.3, -0.25) is 4.98 Å². The van der Waals surface area contributed by atoms with Crippen molar-refractivity contribution >= 4 is 17.0 Å². The molecule has 1 unspecified atom stereocenters. The molecule has 1 aliphatic carbocycles. The first-order chi connectivity index (χ1) is 9.76. The standard InChI is InChI=1S/C15H19N3OS/c1-10-2-3-12-14(6-10)20-15(18-12)8-17-13-7-16-5-4-11(13)9-19/h4-5,7,10,17,19H,2-3,6,8-9H2,1H3. The Kier molecular flexibility index (Phi) is 3.98. The van der Waals surface area contributed by atoms with Crippen molar-refractivity contribution < 1.29 is 5.11 Å². The van der Waals surface area contributed by atoms with Gasteiger partial charge in [0.2, 0.25) is 0 Å². The summed E-state index contributed by atoms with van der Waals surface area (Å²) in [5, 5.41) is 13.7. The highest BCUT2D eigenvalue weighted by Crippen LogP contribution is 2.30. The minimum atomic E-state index is 0.0245. The van der Waals surface area contributed by atoms with Crippen LogP contribution < -0.4 is 5.32 Å². The molecule has 0 aliphatic heterocycles. The molecule has 106 valence electrons. The van der Waals surface area contributed by atoms with Crippen LogP contribution in [0.25, 0.3) is 0 Å². The fourth-order valence-corrected chi connectivity index (χ4v) is 3.78. The van der Waals surface area contributed by atoms with Gasteiger partial charge in [0.1, 0.15) is 5.01 Å². The number of pyridine rings is 1. The van der Waals surface area contributed by atoms with Crippen LogP contribution in [0.15, 0.2) is 18.5 Å². The fraction of sp³-hybridized carbons (Fsp3) is 0.467. The summed E-state index contributed by atoms with van der Waals surface area (Å²) < 4.78 is 0. The van der Waals surface area contributed by atoms with Crippen molar-refractivity contribution in [2.75, 3.05) is 5.32 Å². The van der Waals surface area contributed by atoms with Gasteiger partial charge in [-0.15, -0.1) is 11.3 Å². The molecule has 1 aliphatic rings. The van der Waals surface area contributed by atoms with Crippen LogP contribution in [0.5, 0.6) is 0 Å². The van der Waals surface area contributed by atoms with Gasteiger partial charge >= 0.3 is 0 Å². The summed E-state index contributed by atoms with van der Waals surface area (Å²) in [5.41, 5.74) is 3.05. The molecule has 0 fully saturated rings. The summed E-state index contributed by atoms with van der Waals surface area (Å²) in [6, 6.07) is 1.83. The lowest BCUT2D eigenvalue weighted by molar-refractivity contribution is 0.282. The quantitative estimate of drug-likeness (QED) is 0.908. The van der Waals surface area contributed by atoms with Gasteiger partial charge < -0.3 is 10.4 Å². The highest BCUT2D eigenvalue weighted by Gasteiger charge is 2.19. The van der Waals surface area contributed by atoms with Gasteiger partial charge in [0.15, 0.2) is 0 Å². The summed E-state index contributed by atoms with van der Waals surface area (Å²) in [5.74, 6) is 0.781. The first-order valence-corrected chi connectivity index (χ1v) is 7.83. The second-order valence-electron chi connectivity index (χ2n) is 5.37. The number of nitrogens with one attached hydrogen (secondary N) is 1. The molecule has 0 spiro atoms. The van der Waals surface area contributed by atoms with E-state index in [4.69, 9.17) is 4.98 Å². The predicted molar refractivity (Wildman–Crippen MR) is 80.8 cm³/mol. The van der Waals surface area contributed by atoms with Gasteiger partial charge in [-0.2, -0.15) is 0 Å². The molecule has 0 saturated carbocycles. The van der Waals surface area contributed by atoms with Gasteiger partial charge in [-0.1, -0.05) is 6.92 Å². The van der Waals surface area contributed by atoms with Crippen molar-refractivity contribution in [3.63, 3.8) is 0 Å². The van der Waals surface area contributed by atoms with E-state index in [1.165, 1.54) is 23.4 Å². The molecule has 2 N–H and O–H groups in total. The Labute approximate surface area is 122 Å². The zero-order valence-electron chi connectivity index (χ0n) is 11.6. The summed E-state index contributed by atoms with van der Waals surface area (Å²) >= 11 is 1.82. The normalized spacial score (nSPS) is 17.8. The number of aliphatic hydroxyl groups is 1. The lowest BCUT2D eigenvalue weighted by Crippen LogP contribution is -2.09. The average Bonchev–Trinajstić information content (AvgIpc) is 2.87. The van der Waals surface area contributed by atoms with Crippen molar-refractivity contribution in [3.8, 4) is 0 Å². The molecule has 0 radical (unpaired) electrons. The molecule has 0 amide bonds. The van der Waals surface area contributed by atoms with Crippen molar-refractivity contribution in [1.82, 2.24) is 9.97 Å². The van der Waals surface area contributed by atoms with Crippen LogP contribution in [0.3, 0.4) is 0 Å². The second kappa shape index (κ2) is 5.89. The van der Waals surface area contributed by atoms with Gasteiger partial charge in [0.25, 0.3) is 0 Å². The number of hydrogen-bond donors (Lipinski definition) is 2. The van der Waals surface area contributed by atoms with E-state index in [0.717, 1.165) is 28.6 Å². The molecule has 4 nitrogen and oxygen atoms in total. The number of anilines is 1. The maximum Gasteiger partial charge on any atom is 0.112 e. The minimum Gasteiger partial charge on any atom is -0.392 e. The van der Waals surface area contributed by atoms with Crippen LogP contribution in [0.1, 0.15) is 34.5 Å². The third-order valence-electron chi connectivity index (χ3n) is 3.74. The summed E-state index contributed by atoms with van der Waals surface area (Å²) in [6.45, 7) is 3.03. The van der Waals surface area contributed by atoms with E-state index >= 15 is 0 Å². The van der Waals surface area contributed by atoms with Crippen molar-refractivity contribution in [3.05, 3.63) is 39.6 Å². The molecule has 20 heavy (non-hydrogen) atoms. The molecular weight excluding hydrogens is 270 g/mol. The Hall–Kier alpha value is -1.46. The first-order valence-electron chi connectivity index (χ1n) is 7.01. The van der Waals surface area contributed by atoms with Crippen molar-refractivity contribution in [1.29, 1.82) is 0 Å². The predicted octanol–water partition coefficient (Wildman–Crippen LogP) is 2.77. The molecule has 2 heterocycles. The van der Waals surface area contributed by atoms with E-state index in [1.807, 2.05) is 17.4 Å². The largest absolute Gasteiger partial charge is 0.392 e. The van der Waals surface area contributed by atoms with E-state index in [-0.39, 0.29) is 6.61 Å². The van der Waals surface area contributed by atoms with Gasteiger partial charge in [0, 0.05) is 16.6 Å². The maximum absolute atomic E-state index is 9.30. The minimum absolute atomic E-state index is 0.0245. The maximum atomic E-state index is 9.30. The third-order valence-corrected chi connectivity index (χ3v) is 4.86. The lowest BCUT2D eigenvalue weighted by atomic mass is 9.93. The molecule has 3 rings (SSSR count). The van der Waals surface area contributed by atoms with Crippen LogP contribution in [0, 0.1) is 5.92 Å². The van der Waals surface area contributed by atoms with Gasteiger partial charge in [-0.25, -0.2) is 4.98 Å². The number of rotatable bonds is 4. The van der Waals surface area contributed by atoms with E-state index < -0.39 is 0 Å². The molecule has 0 bridgehead atoms. The monoisotopic (exact) mass is 289 g/mol. The number of aromatic nitrogens is 2. The molecule has 5 heteroatoms. The topological polar surface area (TPSA) is 58.0 Å². The summed E-state index contributed by atoms with van der Waals surface area (Å²) in [4.78, 5) is 10.3. The number of thiazole rings is 1. The highest BCUT2D eigenvalue weighted by molar-refractivity contribution is 7.11. The van der Waals surface area contributed by atoms with Crippen LogP contribution in [0.2, 0.25) is 0 Å². The number of fused-ring (bicyclic) bond motifs is 1. The molecule has 0 saturated heterocycles. The Morgan fingerprint density at radius 3 is 3.25 bits per heavy atom. The number of hydrogen-bond acceptors (Lipinski definition) is 5. The number of nitrogens with zero attached hydrogens (tertiary/aromatic N) is 2. The average molecular weight is 289 g/mol. The second-order valence-corrected chi connectivity index (χ2v) is 6.54. The van der Waals surface area contributed by atoms with Crippen LogP contribution >= 0.6 is 11.3 Å². The van der Waals surface area contributed by atoms with E-state index in [0.29, 0.717) is 6.54 Å². The Balaban J connectivity index is 1.70. The third kappa shape index (κ3) is 2.83. The smallest absolute Gasteiger partial charge is 0.112 e. The van der Waals surface area contributed by atoms with Gasteiger partial charge in [0.05, 0.1) is 30.7 Å². The Bertz CT molecular complexity index is 597. The Morgan fingerprint density at radius 1 is 1.50 bits per heavy atom. The van der Waals surface area contributed by atoms with Crippen LogP contribution in [0.4, 0.5) is 5.69 Å². The molecular formula is C15H19N3OS. The SMILES string of the molecule is CC1CCc2nc(CNc3cnccc3CO)sc2C1. The van der Waals surface area contributed by atoms with Gasteiger partial charge in [-0.05, 0) is 31.2 Å². The summed E-state index contributed by atoms with van der Waals surface area (Å²) in [6.07, 6.45) is 6.98. The lowest BCUT2D eigenvalue weighted by Gasteiger charge is -2.15. The van der Waals surface area contributed by atoms with Crippen molar-refractivity contribution in [2.45, 2.75) is 39.3 Å². The van der Waals surface area contributed by atoms with Crippen LogP contribution in [-0.4, -0.2) is 15.1 Å².